The van der Waals surface area contributed by atoms with Gasteiger partial charge in [0.15, 0.2) is 0 Å². The van der Waals surface area contributed by atoms with Crippen molar-refractivity contribution < 1.29 is 49.5 Å². The Kier molecular flexibility index (Phi) is 16.2. The maximum absolute atomic E-state index is 11.3. The quantitative estimate of drug-likeness (QED) is 0.167. The molecule has 0 aliphatic heterocycles. The van der Waals surface area contributed by atoms with Gasteiger partial charge in [0.05, 0.1) is 32.7 Å². The molecule has 35 heavy (non-hydrogen) atoms. The lowest BCUT2D eigenvalue weighted by atomic mass is 9.93. The van der Waals surface area contributed by atoms with E-state index in [1.54, 1.807) is 0 Å². The Labute approximate surface area is 204 Å². The summed E-state index contributed by atoms with van der Waals surface area (Å²) in [6.45, 7) is 2.90. The van der Waals surface area contributed by atoms with Crippen molar-refractivity contribution in [1.29, 1.82) is 0 Å². The van der Waals surface area contributed by atoms with Gasteiger partial charge in [0.1, 0.15) is 0 Å². The molecule has 0 radical (unpaired) electrons. The lowest BCUT2D eigenvalue weighted by Gasteiger charge is -2.39. The number of hydrogen-bond donors (Lipinski definition) is 6. The molecule has 0 bridgehead atoms. The van der Waals surface area contributed by atoms with Gasteiger partial charge in [-0.1, -0.05) is 33.1 Å². The molecule has 0 aromatic heterocycles. The second-order valence-electron chi connectivity index (χ2n) is 8.98. The molecule has 1 atom stereocenters. The normalized spacial score (nSPS) is 14.9. The molecule has 0 saturated heterocycles. The average Bonchev–Trinajstić information content (AvgIpc) is 2.71. The Morgan fingerprint density at radius 3 is 1.57 bits per heavy atom. The van der Waals surface area contributed by atoms with Crippen molar-refractivity contribution in [2.45, 2.75) is 64.5 Å². The van der Waals surface area contributed by atoms with Gasteiger partial charge in [-0.3, -0.25) is 39.1 Å². The van der Waals surface area contributed by atoms with Gasteiger partial charge in [-0.2, -0.15) is 0 Å². The van der Waals surface area contributed by atoms with Crippen LogP contribution in [0.1, 0.15) is 52.4 Å². The highest BCUT2D eigenvalue weighted by molar-refractivity contribution is 5.73. The lowest BCUT2D eigenvalue weighted by Crippen LogP contribution is -2.52. The van der Waals surface area contributed by atoms with Crippen LogP contribution in [-0.2, 0) is 24.0 Å². The summed E-state index contributed by atoms with van der Waals surface area (Å²) in [7, 11) is 0. The van der Waals surface area contributed by atoms with E-state index < -0.39 is 29.8 Å². The maximum atomic E-state index is 11.3. The maximum Gasteiger partial charge on any atom is 0.317 e. The number of aliphatic carboxylic acids is 5. The largest absolute Gasteiger partial charge is 0.480 e. The van der Waals surface area contributed by atoms with Gasteiger partial charge in [-0.15, -0.1) is 0 Å². The molecule has 1 rings (SSSR count). The standard InChI is InChI=1S/C18H32N2O6.C4H7NO4/c1-13(2)8-15(20(11-17(23)24)12-18(25)26)9-19(10-16(21)22)14-6-4-3-5-7-14;6-3(7)1-5-2-4(8)9/h13-15H,3-12H2,1-2H3,(H,21,22)(H,23,24)(H,25,26);5H,1-2H2,(H,6,7)(H,8,9). The molecule has 6 N–H and O–H groups in total. The molecule has 1 unspecified atom stereocenters. The highest BCUT2D eigenvalue weighted by Crippen LogP contribution is 2.24. The van der Waals surface area contributed by atoms with Crippen molar-refractivity contribution in [2.24, 2.45) is 5.92 Å². The molecule has 13 heteroatoms. The highest BCUT2D eigenvalue weighted by atomic mass is 16.4. The summed E-state index contributed by atoms with van der Waals surface area (Å²) in [6, 6.07) is -0.158. The first-order valence-electron chi connectivity index (χ1n) is 11.6. The molecule has 202 valence electrons. The van der Waals surface area contributed by atoms with Gasteiger partial charge < -0.3 is 25.5 Å². The molecule has 1 aliphatic carbocycles. The summed E-state index contributed by atoms with van der Waals surface area (Å²) in [5.41, 5.74) is 0. The summed E-state index contributed by atoms with van der Waals surface area (Å²) in [4.78, 5) is 56.6. The minimum Gasteiger partial charge on any atom is -0.480 e. The molecule has 0 amide bonds. The number of hydrogen-bond acceptors (Lipinski definition) is 8. The number of carbonyl (C=O) groups is 5. The summed E-state index contributed by atoms with van der Waals surface area (Å²) in [6.07, 6.45) is 5.74. The van der Waals surface area contributed by atoms with E-state index in [9.17, 15) is 29.1 Å². The topological polar surface area (TPSA) is 205 Å². The van der Waals surface area contributed by atoms with Crippen molar-refractivity contribution in [1.82, 2.24) is 15.1 Å². The number of rotatable bonds is 16. The zero-order valence-electron chi connectivity index (χ0n) is 20.4. The van der Waals surface area contributed by atoms with E-state index >= 15 is 0 Å². The van der Waals surface area contributed by atoms with Crippen LogP contribution in [0.15, 0.2) is 0 Å². The van der Waals surface area contributed by atoms with Crippen LogP contribution in [-0.4, -0.2) is 117 Å². The number of carboxylic acid groups (broad SMARTS) is 5. The first-order chi connectivity index (χ1) is 16.3. The molecular formula is C22H39N3O10. The Balaban J connectivity index is 0.00000109. The first kappa shape index (κ1) is 32.2. The van der Waals surface area contributed by atoms with Crippen molar-refractivity contribution >= 4 is 29.8 Å². The molecule has 0 spiro atoms. The number of carboxylic acids is 5. The van der Waals surface area contributed by atoms with Crippen molar-refractivity contribution in [3.8, 4) is 0 Å². The third-order valence-corrected chi connectivity index (χ3v) is 5.36. The fourth-order valence-corrected chi connectivity index (χ4v) is 4.05. The molecule has 0 heterocycles. The smallest absolute Gasteiger partial charge is 0.317 e. The van der Waals surface area contributed by atoms with E-state index in [2.05, 4.69) is 5.32 Å². The molecule has 1 saturated carbocycles. The van der Waals surface area contributed by atoms with Crippen LogP contribution in [0.2, 0.25) is 0 Å². The number of nitrogens with zero attached hydrogens (tertiary/aromatic N) is 2. The zero-order valence-corrected chi connectivity index (χ0v) is 20.4. The van der Waals surface area contributed by atoms with Gasteiger partial charge in [-0.25, -0.2) is 0 Å². The first-order valence-corrected chi connectivity index (χ1v) is 11.6. The highest BCUT2D eigenvalue weighted by Gasteiger charge is 2.30. The monoisotopic (exact) mass is 505 g/mol. The summed E-state index contributed by atoms with van der Waals surface area (Å²) >= 11 is 0. The van der Waals surface area contributed by atoms with Crippen molar-refractivity contribution in [2.75, 3.05) is 39.3 Å². The van der Waals surface area contributed by atoms with Crippen LogP contribution in [0, 0.1) is 5.92 Å². The minimum absolute atomic E-state index is 0.104. The molecule has 1 aliphatic rings. The number of nitrogens with one attached hydrogen (secondary N) is 1. The minimum atomic E-state index is -1.08. The molecular weight excluding hydrogens is 466 g/mol. The van der Waals surface area contributed by atoms with Gasteiger partial charge >= 0.3 is 29.8 Å². The Morgan fingerprint density at radius 2 is 1.20 bits per heavy atom. The predicted octanol–water partition coefficient (Wildman–Crippen LogP) is 0.337. The van der Waals surface area contributed by atoms with E-state index in [1.165, 1.54) is 4.90 Å². The van der Waals surface area contributed by atoms with Crippen LogP contribution in [0.4, 0.5) is 0 Å². The Hall–Kier alpha value is -2.77. The van der Waals surface area contributed by atoms with Crippen molar-refractivity contribution in [3.05, 3.63) is 0 Å². The van der Waals surface area contributed by atoms with E-state index in [1.807, 2.05) is 18.7 Å². The fraction of sp³-hybridized carbons (Fsp3) is 0.773. The Bertz CT molecular complexity index is 665. The van der Waals surface area contributed by atoms with E-state index in [0.29, 0.717) is 13.0 Å². The summed E-state index contributed by atoms with van der Waals surface area (Å²) in [5.74, 6) is -4.96. The summed E-state index contributed by atoms with van der Waals surface area (Å²) < 4.78 is 0. The Morgan fingerprint density at radius 1 is 0.743 bits per heavy atom. The fourth-order valence-electron chi connectivity index (χ4n) is 4.05. The lowest BCUT2D eigenvalue weighted by molar-refractivity contribution is -0.145. The van der Waals surface area contributed by atoms with Crippen LogP contribution in [0.5, 0.6) is 0 Å². The molecule has 0 aromatic rings. The molecule has 13 nitrogen and oxygen atoms in total. The average molecular weight is 506 g/mol. The SMILES string of the molecule is CC(C)CC(CN(CC(=O)O)C1CCCCC1)N(CC(=O)O)CC(=O)O.O=C(O)CNCC(=O)O. The van der Waals surface area contributed by atoms with E-state index in [-0.39, 0.29) is 50.7 Å². The van der Waals surface area contributed by atoms with E-state index in [4.69, 9.17) is 20.4 Å². The predicted molar refractivity (Wildman–Crippen MR) is 124 cm³/mol. The summed E-state index contributed by atoms with van der Waals surface area (Å²) in [5, 5.41) is 45.8. The second-order valence-corrected chi connectivity index (χ2v) is 8.98. The van der Waals surface area contributed by atoms with Gasteiger partial charge in [-0.05, 0) is 25.2 Å². The van der Waals surface area contributed by atoms with Gasteiger partial charge in [0, 0.05) is 18.6 Å². The zero-order chi connectivity index (χ0) is 27.0. The van der Waals surface area contributed by atoms with Gasteiger partial charge in [0.2, 0.25) is 0 Å². The molecule has 1 fully saturated rings. The van der Waals surface area contributed by atoms with Crippen LogP contribution >= 0.6 is 0 Å². The van der Waals surface area contributed by atoms with Crippen LogP contribution in [0.3, 0.4) is 0 Å². The van der Waals surface area contributed by atoms with Crippen LogP contribution in [0.25, 0.3) is 0 Å². The molecule has 0 aromatic carbocycles. The third-order valence-electron chi connectivity index (χ3n) is 5.36. The van der Waals surface area contributed by atoms with Crippen molar-refractivity contribution in [3.63, 3.8) is 0 Å². The third kappa shape index (κ3) is 17.3. The van der Waals surface area contributed by atoms with Crippen LogP contribution < -0.4 is 5.32 Å². The van der Waals surface area contributed by atoms with E-state index in [0.717, 1.165) is 32.1 Å². The second kappa shape index (κ2) is 17.6. The van der Waals surface area contributed by atoms with Gasteiger partial charge in [0.25, 0.3) is 0 Å².